The van der Waals surface area contributed by atoms with E-state index in [0.29, 0.717) is 11.3 Å². The first-order valence-corrected chi connectivity index (χ1v) is 12.8. The first-order valence-electron chi connectivity index (χ1n) is 12.8. The molecule has 0 aliphatic carbocycles. The fraction of sp³-hybridized carbons (Fsp3) is 0.226. The summed E-state index contributed by atoms with van der Waals surface area (Å²) in [6, 6.07) is 28.7. The van der Waals surface area contributed by atoms with E-state index in [0.717, 1.165) is 16.7 Å². The van der Waals surface area contributed by atoms with Crippen LogP contribution in [-0.4, -0.2) is 41.0 Å². The topological polar surface area (TPSA) is 115 Å². The van der Waals surface area contributed by atoms with Crippen molar-refractivity contribution >= 4 is 11.7 Å². The Morgan fingerprint density at radius 3 is 1.90 bits per heavy atom. The highest BCUT2D eigenvalue weighted by Crippen LogP contribution is 2.37. The Kier molecular flexibility index (Phi) is 9.08. The molecule has 3 aromatic carbocycles. The molecule has 0 aliphatic heterocycles. The van der Waals surface area contributed by atoms with Crippen molar-refractivity contribution in [2.75, 3.05) is 13.7 Å². The van der Waals surface area contributed by atoms with Crippen LogP contribution in [0.25, 0.3) is 0 Å². The number of ether oxygens (including phenoxy) is 1. The molecule has 0 spiro atoms. The van der Waals surface area contributed by atoms with Gasteiger partial charge in [0.1, 0.15) is 12.6 Å². The number of esters is 1. The predicted octanol–water partition coefficient (Wildman–Crippen LogP) is 3.36. The van der Waals surface area contributed by atoms with Gasteiger partial charge in [0.2, 0.25) is 0 Å². The first-order chi connectivity index (χ1) is 19.3. The number of rotatable bonds is 11. The van der Waals surface area contributed by atoms with Crippen LogP contribution in [0.1, 0.15) is 29.2 Å². The number of aromatic amines is 1. The van der Waals surface area contributed by atoms with Gasteiger partial charge < -0.3 is 9.57 Å². The van der Waals surface area contributed by atoms with Crippen molar-refractivity contribution in [1.82, 2.24) is 14.9 Å². The average molecular weight is 541 g/mol. The Morgan fingerprint density at radius 2 is 1.43 bits per heavy atom. The van der Waals surface area contributed by atoms with Gasteiger partial charge in [0, 0.05) is 11.8 Å². The van der Waals surface area contributed by atoms with E-state index in [1.807, 2.05) is 91.0 Å². The van der Waals surface area contributed by atoms with Gasteiger partial charge in [0.25, 0.3) is 5.56 Å². The lowest BCUT2D eigenvalue weighted by molar-refractivity contribution is -0.145. The molecule has 4 aromatic rings. The van der Waals surface area contributed by atoms with Gasteiger partial charge in [-0.15, -0.1) is 0 Å². The third kappa shape index (κ3) is 6.27. The molecule has 0 saturated carbocycles. The van der Waals surface area contributed by atoms with Crippen molar-refractivity contribution in [2.24, 2.45) is 5.16 Å². The molecule has 1 aromatic heterocycles. The smallest absolute Gasteiger partial charge is 0.328 e. The van der Waals surface area contributed by atoms with E-state index in [4.69, 9.17) is 9.57 Å². The van der Waals surface area contributed by atoms with Crippen LogP contribution in [0, 0.1) is 6.92 Å². The van der Waals surface area contributed by atoms with Gasteiger partial charge in [0.15, 0.2) is 0 Å². The summed E-state index contributed by atoms with van der Waals surface area (Å²) < 4.78 is 6.48. The highest BCUT2D eigenvalue weighted by molar-refractivity contribution is 5.81. The fourth-order valence-electron chi connectivity index (χ4n) is 4.62. The third-order valence-electron chi connectivity index (χ3n) is 6.55. The second kappa shape index (κ2) is 12.9. The number of nitrogens with zero attached hydrogens (tertiary/aromatic N) is 2. The maximum atomic E-state index is 13.1. The summed E-state index contributed by atoms with van der Waals surface area (Å²) in [6.45, 7) is 3.27. The van der Waals surface area contributed by atoms with Gasteiger partial charge >= 0.3 is 11.7 Å². The highest BCUT2D eigenvalue weighted by atomic mass is 16.6. The number of carbonyl (C=O) groups excluding carboxylic acids is 1. The number of benzene rings is 3. The summed E-state index contributed by atoms with van der Waals surface area (Å²) in [5.41, 5.74) is 1.75. The van der Waals surface area contributed by atoms with E-state index >= 15 is 0 Å². The van der Waals surface area contributed by atoms with Crippen LogP contribution >= 0.6 is 0 Å². The van der Waals surface area contributed by atoms with E-state index in [1.165, 1.54) is 17.9 Å². The fourth-order valence-corrected chi connectivity index (χ4v) is 4.62. The molecule has 0 amide bonds. The molecule has 4 rings (SSSR count). The molecular weight excluding hydrogens is 508 g/mol. The van der Waals surface area contributed by atoms with Gasteiger partial charge in [-0.25, -0.2) is 4.79 Å². The van der Waals surface area contributed by atoms with E-state index in [9.17, 15) is 14.4 Å². The summed E-state index contributed by atoms with van der Waals surface area (Å²) in [4.78, 5) is 44.8. The van der Waals surface area contributed by atoms with Crippen molar-refractivity contribution in [1.29, 1.82) is 0 Å². The number of H-pyrrole nitrogens is 1. The molecule has 0 fully saturated rings. The SMILES string of the molecule is COC(=O)[C@H](CO/N=C(\C)Cn1cc(C)c(=O)[nH]c1=O)NC(c1ccccc1)(c1ccccc1)c1ccccc1. The summed E-state index contributed by atoms with van der Waals surface area (Å²) in [7, 11) is 1.33. The quantitative estimate of drug-likeness (QED) is 0.131. The average Bonchev–Trinajstić information content (AvgIpc) is 2.98. The van der Waals surface area contributed by atoms with E-state index in [1.54, 1.807) is 13.8 Å². The lowest BCUT2D eigenvalue weighted by Gasteiger charge is -2.39. The molecule has 206 valence electrons. The predicted molar refractivity (Wildman–Crippen MR) is 153 cm³/mol. The Morgan fingerprint density at radius 1 is 0.925 bits per heavy atom. The lowest BCUT2D eigenvalue weighted by atomic mass is 9.76. The van der Waals surface area contributed by atoms with Crippen LogP contribution in [0.2, 0.25) is 0 Å². The van der Waals surface area contributed by atoms with Crippen LogP contribution < -0.4 is 16.6 Å². The van der Waals surface area contributed by atoms with Gasteiger partial charge in [-0.2, -0.15) is 0 Å². The normalized spacial score (nSPS) is 12.5. The number of carbonyl (C=O) groups is 1. The molecule has 40 heavy (non-hydrogen) atoms. The van der Waals surface area contributed by atoms with E-state index in [-0.39, 0.29) is 13.2 Å². The summed E-state index contributed by atoms with van der Waals surface area (Å²) in [5.74, 6) is -0.521. The van der Waals surface area contributed by atoms with E-state index < -0.39 is 28.8 Å². The van der Waals surface area contributed by atoms with Crippen molar-refractivity contribution in [3.63, 3.8) is 0 Å². The Labute approximate surface area is 232 Å². The lowest BCUT2D eigenvalue weighted by Crippen LogP contribution is -2.54. The molecule has 9 heteroatoms. The minimum Gasteiger partial charge on any atom is -0.468 e. The molecule has 0 aliphatic rings. The summed E-state index contributed by atoms with van der Waals surface area (Å²) in [5, 5.41) is 7.68. The number of oxime groups is 1. The Balaban J connectivity index is 1.68. The van der Waals surface area contributed by atoms with Gasteiger partial charge in [-0.3, -0.25) is 24.5 Å². The number of hydrogen-bond donors (Lipinski definition) is 2. The maximum absolute atomic E-state index is 13.1. The number of methoxy groups -OCH3 is 1. The highest BCUT2D eigenvalue weighted by Gasteiger charge is 2.40. The summed E-state index contributed by atoms with van der Waals surface area (Å²) >= 11 is 0. The maximum Gasteiger partial charge on any atom is 0.328 e. The Bertz CT molecular complexity index is 1470. The standard InChI is InChI=1S/C31H32N4O5/c1-22-19-35(30(38)32-28(22)36)20-23(2)34-40-21-27(29(37)39-3)33-31(24-13-7-4-8-14-24,25-15-9-5-10-16-25)26-17-11-6-12-18-26/h4-19,27,33H,20-21H2,1-3H3,(H,32,36,38)/b34-23+/t27-/m0/s1. The zero-order valence-electron chi connectivity index (χ0n) is 22.7. The molecule has 9 nitrogen and oxygen atoms in total. The number of nitrogens with one attached hydrogen (secondary N) is 2. The second-order valence-electron chi connectivity index (χ2n) is 9.39. The largest absolute Gasteiger partial charge is 0.468 e. The zero-order chi connectivity index (χ0) is 28.5. The van der Waals surface area contributed by atoms with Crippen molar-refractivity contribution < 1.29 is 14.4 Å². The molecule has 0 unspecified atom stereocenters. The molecular formula is C31H32N4O5. The van der Waals surface area contributed by atoms with Crippen LogP contribution in [0.4, 0.5) is 0 Å². The molecule has 0 saturated heterocycles. The summed E-state index contributed by atoms with van der Waals surface area (Å²) in [6.07, 6.45) is 1.47. The first kappa shape index (κ1) is 28.3. The molecule has 2 N–H and O–H groups in total. The third-order valence-corrected chi connectivity index (χ3v) is 6.55. The van der Waals surface area contributed by atoms with Crippen LogP contribution in [0.5, 0.6) is 0 Å². The molecule has 0 radical (unpaired) electrons. The Hall–Kier alpha value is -4.76. The van der Waals surface area contributed by atoms with Gasteiger partial charge in [-0.05, 0) is 30.5 Å². The number of hydrogen-bond acceptors (Lipinski definition) is 7. The second-order valence-corrected chi connectivity index (χ2v) is 9.39. The van der Waals surface area contributed by atoms with E-state index in [2.05, 4.69) is 15.5 Å². The van der Waals surface area contributed by atoms with Crippen LogP contribution in [-0.2, 0) is 26.5 Å². The van der Waals surface area contributed by atoms with Crippen molar-refractivity contribution in [2.45, 2.75) is 32.0 Å². The minimum absolute atomic E-state index is 0.106. The molecule has 1 heterocycles. The molecule has 0 bridgehead atoms. The zero-order valence-corrected chi connectivity index (χ0v) is 22.7. The minimum atomic E-state index is -0.925. The number of aromatic nitrogens is 2. The van der Waals surface area contributed by atoms with Gasteiger partial charge in [0.05, 0.1) is 24.9 Å². The van der Waals surface area contributed by atoms with Crippen LogP contribution in [0.3, 0.4) is 0 Å². The van der Waals surface area contributed by atoms with Gasteiger partial charge in [-0.1, -0.05) is 96.2 Å². The molecule has 1 atom stereocenters. The number of aryl methyl sites for hydroxylation is 1. The van der Waals surface area contributed by atoms with Crippen LogP contribution in [0.15, 0.2) is 112 Å². The monoisotopic (exact) mass is 540 g/mol. The van der Waals surface area contributed by atoms with Crippen molar-refractivity contribution in [3.05, 3.63) is 140 Å². The van der Waals surface area contributed by atoms with Crippen molar-refractivity contribution in [3.8, 4) is 0 Å².